The summed E-state index contributed by atoms with van der Waals surface area (Å²) in [7, 11) is 0. The summed E-state index contributed by atoms with van der Waals surface area (Å²) >= 11 is 5.68. The van der Waals surface area contributed by atoms with Crippen LogP contribution in [0.25, 0.3) is 0 Å². The predicted octanol–water partition coefficient (Wildman–Crippen LogP) is 2.48. The molecule has 0 unspecified atom stereocenters. The first-order valence-electron chi connectivity index (χ1n) is 4.59. The highest BCUT2D eigenvalue weighted by molar-refractivity contribution is 6.30. The summed E-state index contributed by atoms with van der Waals surface area (Å²) in [4.78, 5) is 8.18. The zero-order valence-corrected chi connectivity index (χ0v) is 8.09. The molecular formula is C9H12ClN3. The minimum atomic E-state index is 0.557. The van der Waals surface area contributed by atoms with Crippen molar-refractivity contribution in [3.05, 3.63) is 17.4 Å². The van der Waals surface area contributed by atoms with E-state index >= 15 is 0 Å². The standard InChI is InChI=1S/C9H12ClN3/c10-7-5-11-9(12-6-7)13-8-3-1-2-4-8/h5-6,8H,1-4H2,(H,11,12,13). The Bertz CT molecular complexity index is 267. The topological polar surface area (TPSA) is 37.8 Å². The van der Waals surface area contributed by atoms with Gasteiger partial charge in [0.1, 0.15) is 0 Å². The van der Waals surface area contributed by atoms with Crippen LogP contribution in [0, 0.1) is 0 Å². The first-order chi connectivity index (χ1) is 6.34. The fourth-order valence-electron chi connectivity index (χ4n) is 1.64. The maximum Gasteiger partial charge on any atom is 0.222 e. The minimum absolute atomic E-state index is 0.557. The van der Waals surface area contributed by atoms with E-state index < -0.39 is 0 Å². The highest BCUT2D eigenvalue weighted by Crippen LogP contribution is 2.20. The number of aromatic nitrogens is 2. The summed E-state index contributed by atoms with van der Waals surface area (Å²) in [6, 6.07) is 0.557. The summed E-state index contributed by atoms with van der Waals surface area (Å²) < 4.78 is 0. The van der Waals surface area contributed by atoms with Crippen LogP contribution in [0.1, 0.15) is 25.7 Å². The number of hydrogen-bond donors (Lipinski definition) is 1. The van der Waals surface area contributed by atoms with Gasteiger partial charge in [0.15, 0.2) is 0 Å². The highest BCUT2D eigenvalue weighted by Gasteiger charge is 2.14. The summed E-state index contributed by atoms with van der Waals surface area (Å²) in [5.74, 6) is 0.691. The Morgan fingerprint density at radius 3 is 2.46 bits per heavy atom. The molecule has 1 saturated carbocycles. The van der Waals surface area contributed by atoms with Crippen LogP contribution in [-0.2, 0) is 0 Å². The molecule has 1 aromatic heterocycles. The summed E-state index contributed by atoms with van der Waals surface area (Å²) in [5, 5.41) is 3.87. The van der Waals surface area contributed by atoms with Gasteiger partial charge in [0.25, 0.3) is 0 Å². The van der Waals surface area contributed by atoms with Crippen molar-refractivity contribution in [2.45, 2.75) is 31.7 Å². The Balaban J connectivity index is 1.97. The van der Waals surface area contributed by atoms with E-state index in [4.69, 9.17) is 11.6 Å². The predicted molar refractivity (Wildman–Crippen MR) is 52.9 cm³/mol. The lowest BCUT2D eigenvalue weighted by molar-refractivity contribution is 0.744. The Labute approximate surface area is 82.5 Å². The van der Waals surface area contributed by atoms with Crippen molar-refractivity contribution in [2.75, 3.05) is 5.32 Å². The molecule has 3 nitrogen and oxygen atoms in total. The molecule has 70 valence electrons. The molecule has 0 aromatic carbocycles. The molecule has 0 radical (unpaired) electrons. The van der Waals surface area contributed by atoms with Gasteiger partial charge in [0, 0.05) is 6.04 Å². The van der Waals surface area contributed by atoms with Crippen molar-refractivity contribution in [3.63, 3.8) is 0 Å². The van der Waals surface area contributed by atoms with Gasteiger partial charge in [-0.15, -0.1) is 0 Å². The van der Waals surface area contributed by atoms with Crippen LogP contribution in [-0.4, -0.2) is 16.0 Å². The highest BCUT2D eigenvalue weighted by atomic mass is 35.5. The molecule has 0 amide bonds. The molecule has 1 aliphatic rings. The zero-order valence-electron chi connectivity index (χ0n) is 7.33. The molecule has 1 aliphatic carbocycles. The lowest BCUT2D eigenvalue weighted by Crippen LogP contribution is -2.16. The zero-order chi connectivity index (χ0) is 9.10. The Hall–Kier alpha value is -0.830. The monoisotopic (exact) mass is 197 g/mol. The fraction of sp³-hybridized carbons (Fsp3) is 0.556. The molecule has 0 spiro atoms. The summed E-state index contributed by atoms with van der Waals surface area (Å²) in [6.07, 6.45) is 8.31. The lowest BCUT2D eigenvalue weighted by atomic mass is 10.3. The molecule has 1 heterocycles. The van der Waals surface area contributed by atoms with Gasteiger partial charge in [0.2, 0.25) is 5.95 Å². The van der Waals surface area contributed by atoms with Crippen LogP contribution >= 0.6 is 11.6 Å². The molecule has 13 heavy (non-hydrogen) atoms. The minimum Gasteiger partial charge on any atom is -0.351 e. The van der Waals surface area contributed by atoms with E-state index in [0.717, 1.165) is 0 Å². The van der Waals surface area contributed by atoms with Gasteiger partial charge in [-0.3, -0.25) is 0 Å². The number of nitrogens with one attached hydrogen (secondary N) is 1. The number of anilines is 1. The average Bonchev–Trinajstić information content (AvgIpc) is 2.62. The van der Waals surface area contributed by atoms with Crippen molar-refractivity contribution in [3.8, 4) is 0 Å². The largest absolute Gasteiger partial charge is 0.351 e. The molecule has 0 bridgehead atoms. The third kappa shape index (κ3) is 2.31. The van der Waals surface area contributed by atoms with Crippen LogP contribution in [0.4, 0.5) is 5.95 Å². The van der Waals surface area contributed by atoms with E-state index in [9.17, 15) is 0 Å². The number of halogens is 1. The summed E-state index contributed by atoms with van der Waals surface area (Å²) in [5.41, 5.74) is 0. The average molecular weight is 198 g/mol. The van der Waals surface area contributed by atoms with Gasteiger partial charge in [-0.05, 0) is 12.8 Å². The smallest absolute Gasteiger partial charge is 0.222 e. The molecular weight excluding hydrogens is 186 g/mol. The lowest BCUT2D eigenvalue weighted by Gasteiger charge is -2.10. The van der Waals surface area contributed by atoms with Crippen LogP contribution in [0.3, 0.4) is 0 Å². The van der Waals surface area contributed by atoms with Crippen molar-refractivity contribution in [2.24, 2.45) is 0 Å². The molecule has 4 heteroatoms. The van der Waals surface area contributed by atoms with Crippen molar-refractivity contribution in [1.29, 1.82) is 0 Å². The van der Waals surface area contributed by atoms with E-state index in [1.54, 1.807) is 12.4 Å². The van der Waals surface area contributed by atoms with Gasteiger partial charge >= 0.3 is 0 Å². The normalized spacial score (nSPS) is 17.6. The Morgan fingerprint density at radius 2 is 1.85 bits per heavy atom. The third-order valence-electron chi connectivity index (χ3n) is 2.31. The quantitative estimate of drug-likeness (QED) is 0.792. The first kappa shape index (κ1) is 8.75. The van der Waals surface area contributed by atoms with E-state index in [0.29, 0.717) is 17.0 Å². The van der Waals surface area contributed by atoms with Gasteiger partial charge in [-0.25, -0.2) is 9.97 Å². The van der Waals surface area contributed by atoms with Crippen molar-refractivity contribution in [1.82, 2.24) is 9.97 Å². The number of rotatable bonds is 2. The second-order valence-electron chi connectivity index (χ2n) is 3.35. The SMILES string of the molecule is Clc1cnc(NC2CCCC2)nc1. The van der Waals surface area contributed by atoms with Crippen molar-refractivity contribution < 1.29 is 0 Å². The first-order valence-corrected chi connectivity index (χ1v) is 4.96. The molecule has 2 rings (SSSR count). The Morgan fingerprint density at radius 1 is 1.23 bits per heavy atom. The number of nitrogens with zero attached hydrogens (tertiary/aromatic N) is 2. The molecule has 0 saturated heterocycles. The van der Waals surface area contributed by atoms with E-state index in [-0.39, 0.29) is 0 Å². The maximum absolute atomic E-state index is 5.68. The van der Waals surface area contributed by atoms with Gasteiger partial charge < -0.3 is 5.32 Å². The molecule has 1 N–H and O–H groups in total. The second kappa shape index (κ2) is 3.92. The molecule has 1 aromatic rings. The van der Waals surface area contributed by atoms with Crippen LogP contribution in [0.5, 0.6) is 0 Å². The maximum atomic E-state index is 5.68. The van der Waals surface area contributed by atoms with Crippen molar-refractivity contribution >= 4 is 17.5 Å². The van der Waals surface area contributed by atoms with Gasteiger partial charge in [-0.1, -0.05) is 24.4 Å². The number of hydrogen-bond acceptors (Lipinski definition) is 3. The van der Waals surface area contributed by atoms with E-state index in [1.165, 1.54) is 25.7 Å². The van der Waals surface area contributed by atoms with Gasteiger partial charge in [-0.2, -0.15) is 0 Å². The summed E-state index contributed by atoms with van der Waals surface area (Å²) in [6.45, 7) is 0. The molecule has 0 aliphatic heterocycles. The van der Waals surface area contributed by atoms with Crippen LogP contribution < -0.4 is 5.32 Å². The van der Waals surface area contributed by atoms with E-state index in [1.807, 2.05) is 0 Å². The van der Waals surface area contributed by atoms with Crippen LogP contribution in [0.2, 0.25) is 5.02 Å². The Kier molecular flexibility index (Phi) is 2.64. The third-order valence-corrected chi connectivity index (χ3v) is 2.50. The van der Waals surface area contributed by atoms with Crippen LogP contribution in [0.15, 0.2) is 12.4 Å². The fourth-order valence-corrected chi connectivity index (χ4v) is 1.74. The molecule has 1 fully saturated rings. The molecule has 0 atom stereocenters. The second-order valence-corrected chi connectivity index (χ2v) is 3.79. The van der Waals surface area contributed by atoms with E-state index in [2.05, 4.69) is 15.3 Å². The van der Waals surface area contributed by atoms with Gasteiger partial charge in [0.05, 0.1) is 17.4 Å².